The number of phenolic OH excluding ortho intramolecular Hbond substituents is 2. The molecule has 0 aliphatic carbocycles. The number of aryl methyl sites for hydroxylation is 2. The molecule has 3 rings (SSSR count). The quantitative estimate of drug-likeness (QED) is 0.693. The van der Waals surface area contributed by atoms with Crippen LogP contribution >= 0.6 is 19.5 Å². The van der Waals surface area contributed by atoms with E-state index in [-0.39, 0.29) is 11.5 Å². The summed E-state index contributed by atoms with van der Waals surface area (Å²) in [4.78, 5) is 0. The highest BCUT2D eigenvalue weighted by Gasteiger charge is 2.23. The van der Waals surface area contributed by atoms with Crippen molar-refractivity contribution in [3.63, 3.8) is 0 Å². The van der Waals surface area contributed by atoms with E-state index in [1.165, 1.54) is 0 Å². The second-order valence-corrected chi connectivity index (χ2v) is 8.39. The minimum atomic E-state index is -1.12. The van der Waals surface area contributed by atoms with Gasteiger partial charge in [0.15, 0.2) is 0 Å². The van der Waals surface area contributed by atoms with Gasteiger partial charge in [0, 0.05) is 15.6 Å². The molecule has 0 fully saturated rings. The standard InChI is InChI=1S/C20H18ClO2P/c1-13-6-8-17(22)19(10-13)24(16-5-3-4-15(21)12-16)20-11-14(2)7-9-18(20)23/h3-12,22-23H,1-2H3. The van der Waals surface area contributed by atoms with E-state index in [4.69, 9.17) is 11.6 Å². The summed E-state index contributed by atoms with van der Waals surface area (Å²) in [6, 6.07) is 18.7. The van der Waals surface area contributed by atoms with Crippen LogP contribution in [-0.4, -0.2) is 10.2 Å². The van der Waals surface area contributed by atoms with E-state index in [1.807, 2.05) is 62.4 Å². The fourth-order valence-electron chi connectivity index (χ4n) is 2.65. The van der Waals surface area contributed by atoms with E-state index in [2.05, 4.69) is 0 Å². The highest BCUT2D eigenvalue weighted by atomic mass is 35.5. The van der Waals surface area contributed by atoms with Crippen molar-refractivity contribution >= 4 is 35.4 Å². The predicted molar refractivity (Wildman–Crippen MR) is 103 cm³/mol. The van der Waals surface area contributed by atoms with Gasteiger partial charge in [0.1, 0.15) is 11.5 Å². The molecule has 0 amide bonds. The number of benzene rings is 3. The van der Waals surface area contributed by atoms with Gasteiger partial charge in [-0.1, -0.05) is 47.0 Å². The first-order valence-electron chi connectivity index (χ1n) is 7.60. The Kier molecular flexibility index (Phi) is 4.80. The summed E-state index contributed by atoms with van der Waals surface area (Å²) in [5.74, 6) is 0.459. The van der Waals surface area contributed by atoms with Crippen molar-refractivity contribution in [1.82, 2.24) is 0 Å². The Morgan fingerprint density at radius 1 is 0.750 bits per heavy atom. The molecular formula is C20H18ClO2P. The first kappa shape index (κ1) is 16.8. The van der Waals surface area contributed by atoms with Gasteiger partial charge in [0.05, 0.1) is 0 Å². The third-order valence-electron chi connectivity index (χ3n) is 3.81. The lowest BCUT2D eigenvalue weighted by atomic mass is 10.2. The van der Waals surface area contributed by atoms with Gasteiger partial charge in [-0.3, -0.25) is 0 Å². The third-order valence-corrected chi connectivity index (χ3v) is 6.52. The smallest absolute Gasteiger partial charge is 0.123 e. The van der Waals surface area contributed by atoms with Crippen molar-refractivity contribution in [3.05, 3.63) is 76.8 Å². The fourth-order valence-corrected chi connectivity index (χ4v) is 5.51. The molecule has 0 aliphatic rings. The number of hydrogen-bond acceptors (Lipinski definition) is 2. The average molecular weight is 357 g/mol. The van der Waals surface area contributed by atoms with Gasteiger partial charge in [-0.05, 0) is 63.5 Å². The lowest BCUT2D eigenvalue weighted by Gasteiger charge is -2.22. The maximum absolute atomic E-state index is 10.5. The minimum Gasteiger partial charge on any atom is -0.507 e. The van der Waals surface area contributed by atoms with Crippen LogP contribution in [0.3, 0.4) is 0 Å². The molecule has 2 N–H and O–H groups in total. The Morgan fingerprint density at radius 2 is 1.29 bits per heavy atom. The van der Waals surface area contributed by atoms with Gasteiger partial charge < -0.3 is 10.2 Å². The second kappa shape index (κ2) is 6.84. The molecule has 0 saturated carbocycles. The maximum atomic E-state index is 10.5. The molecule has 0 aromatic heterocycles. The maximum Gasteiger partial charge on any atom is 0.123 e. The molecule has 3 aromatic rings. The Morgan fingerprint density at radius 3 is 1.79 bits per heavy atom. The number of phenols is 2. The molecule has 0 saturated heterocycles. The summed E-state index contributed by atoms with van der Waals surface area (Å²) in [5, 5.41) is 24.2. The second-order valence-electron chi connectivity index (χ2n) is 5.80. The number of aromatic hydroxyl groups is 2. The molecule has 0 unspecified atom stereocenters. The van der Waals surface area contributed by atoms with Crippen molar-refractivity contribution in [3.8, 4) is 11.5 Å². The lowest BCUT2D eigenvalue weighted by Crippen LogP contribution is -2.22. The highest BCUT2D eigenvalue weighted by molar-refractivity contribution is 7.80. The molecule has 0 radical (unpaired) electrons. The molecular weight excluding hydrogens is 339 g/mol. The molecule has 4 heteroatoms. The molecule has 0 bridgehead atoms. The molecule has 0 aliphatic heterocycles. The van der Waals surface area contributed by atoms with Gasteiger partial charge in [-0.2, -0.15) is 0 Å². The van der Waals surface area contributed by atoms with Crippen LogP contribution in [0.2, 0.25) is 5.02 Å². The predicted octanol–water partition coefficient (Wildman–Crippen LogP) is 4.13. The van der Waals surface area contributed by atoms with Crippen molar-refractivity contribution < 1.29 is 10.2 Å². The van der Waals surface area contributed by atoms with E-state index in [9.17, 15) is 10.2 Å². The average Bonchev–Trinajstić information content (AvgIpc) is 2.54. The Balaban J connectivity index is 2.29. The Labute approximate surface area is 148 Å². The Hall–Kier alpha value is -2.02. The molecule has 0 spiro atoms. The summed E-state index contributed by atoms with van der Waals surface area (Å²) in [7, 11) is -1.12. The Bertz CT molecular complexity index is 841. The summed E-state index contributed by atoms with van der Waals surface area (Å²) < 4.78 is 0. The third kappa shape index (κ3) is 3.40. The molecule has 3 aromatic carbocycles. The van der Waals surface area contributed by atoms with Gasteiger partial charge >= 0.3 is 0 Å². The number of halogens is 1. The normalized spacial score (nSPS) is 11.0. The first-order valence-corrected chi connectivity index (χ1v) is 9.32. The zero-order valence-corrected chi connectivity index (χ0v) is 15.1. The monoisotopic (exact) mass is 356 g/mol. The highest BCUT2D eigenvalue weighted by Crippen LogP contribution is 2.40. The van der Waals surface area contributed by atoms with Crippen LogP contribution in [0.4, 0.5) is 0 Å². The van der Waals surface area contributed by atoms with Gasteiger partial charge in [-0.15, -0.1) is 0 Å². The summed E-state index contributed by atoms with van der Waals surface area (Å²) in [6.45, 7) is 3.98. The number of rotatable bonds is 3. The SMILES string of the molecule is Cc1ccc(O)c(P(c2cccc(Cl)c2)c2cc(C)ccc2O)c1. The first-order chi connectivity index (χ1) is 11.5. The van der Waals surface area contributed by atoms with E-state index in [0.717, 1.165) is 27.0 Å². The van der Waals surface area contributed by atoms with Crippen LogP contribution in [0.15, 0.2) is 60.7 Å². The van der Waals surface area contributed by atoms with Crippen molar-refractivity contribution in [2.24, 2.45) is 0 Å². The van der Waals surface area contributed by atoms with E-state index in [0.29, 0.717) is 5.02 Å². The van der Waals surface area contributed by atoms with Crippen LogP contribution < -0.4 is 15.9 Å². The van der Waals surface area contributed by atoms with E-state index < -0.39 is 7.92 Å². The van der Waals surface area contributed by atoms with Crippen molar-refractivity contribution in [2.45, 2.75) is 13.8 Å². The topological polar surface area (TPSA) is 40.5 Å². The zero-order valence-electron chi connectivity index (χ0n) is 13.5. The summed E-state index contributed by atoms with van der Waals surface area (Å²) in [5.41, 5.74) is 2.12. The molecule has 122 valence electrons. The summed E-state index contributed by atoms with van der Waals surface area (Å²) in [6.07, 6.45) is 0. The van der Waals surface area contributed by atoms with Crippen molar-refractivity contribution in [2.75, 3.05) is 0 Å². The van der Waals surface area contributed by atoms with Gasteiger partial charge in [-0.25, -0.2) is 0 Å². The number of hydrogen-bond donors (Lipinski definition) is 2. The van der Waals surface area contributed by atoms with E-state index in [1.54, 1.807) is 12.1 Å². The zero-order chi connectivity index (χ0) is 17.3. The lowest BCUT2D eigenvalue weighted by molar-refractivity contribution is 0.479. The van der Waals surface area contributed by atoms with Crippen LogP contribution in [0, 0.1) is 13.8 Å². The molecule has 0 atom stereocenters. The van der Waals surface area contributed by atoms with E-state index >= 15 is 0 Å². The molecule has 24 heavy (non-hydrogen) atoms. The fraction of sp³-hybridized carbons (Fsp3) is 0.100. The van der Waals surface area contributed by atoms with Gasteiger partial charge in [0.25, 0.3) is 0 Å². The van der Waals surface area contributed by atoms with Gasteiger partial charge in [0.2, 0.25) is 0 Å². The van der Waals surface area contributed by atoms with Crippen LogP contribution in [0.1, 0.15) is 11.1 Å². The van der Waals surface area contributed by atoms with Crippen LogP contribution in [0.25, 0.3) is 0 Å². The van der Waals surface area contributed by atoms with Crippen molar-refractivity contribution in [1.29, 1.82) is 0 Å². The van der Waals surface area contributed by atoms with Crippen LogP contribution in [0.5, 0.6) is 11.5 Å². The molecule has 2 nitrogen and oxygen atoms in total. The van der Waals surface area contributed by atoms with Crippen LogP contribution in [-0.2, 0) is 0 Å². The largest absolute Gasteiger partial charge is 0.507 e. The summed E-state index contributed by atoms with van der Waals surface area (Å²) >= 11 is 6.19. The minimum absolute atomic E-state index is 0.229. The molecule has 0 heterocycles.